The summed E-state index contributed by atoms with van der Waals surface area (Å²) in [5, 5.41) is 0. The van der Waals surface area contributed by atoms with Gasteiger partial charge in [-0.15, -0.1) is 0 Å². The molecule has 0 radical (unpaired) electrons. The minimum absolute atomic E-state index is 0.237. The fourth-order valence-corrected chi connectivity index (χ4v) is 3.28. The topological polar surface area (TPSA) is 35.2 Å². The van der Waals surface area contributed by atoms with Crippen LogP contribution in [0.4, 0.5) is 0 Å². The number of nitrogens with two attached hydrogens (primary N) is 1. The van der Waals surface area contributed by atoms with Crippen LogP contribution in [0.2, 0.25) is 0 Å². The number of ether oxygens (including phenoxy) is 1. The normalized spacial score (nSPS) is 17.9. The van der Waals surface area contributed by atoms with Crippen LogP contribution in [0.5, 0.6) is 5.75 Å². The third-order valence-electron chi connectivity index (χ3n) is 4.13. The second-order valence-corrected chi connectivity index (χ2v) is 5.96. The van der Waals surface area contributed by atoms with Gasteiger partial charge in [-0.2, -0.15) is 0 Å². The summed E-state index contributed by atoms with van der Waals surface area (Å²) >= 11 is 0. The lowest BCUT2D eigenvalue weighted by Crippen LogP contribution is -2.15. The maximum Gasteiger partial charge on any atom is 0.119 e. The SMILES string of the molecule is CC(C)Oc1ccc(C(CCN)C2CCCC2)cc1. The van der Waals surface area contributed by atoms with Crippen molar-refractivity contribution in [3.05, 3.63) is 29.8 Å². The lowest BCUT2D eigenvalue weighted by molar-refractivity contribution is 0.242. The second-order valence-electron chi connectivity index (χ2n) is 5.96. The maximum atomic E-state index is 5.81. The quantitative estimate of drug-likeness (QED) is 0.837. The van der Waals surface area contributed by atoms with E-state index in [0.29, 0.717) is 5.92 Å². The van der Waals surface area contributed by atoms with E-state index in [9.17, 15) is 0 Å². The summed E-state index contributed by atoms with van der Waals surface area (Å²) in [6, 6.07) is 8.67. The van der Waals surface area contributed by atoms with E-state index in [2.05, 4.69) is 38.1 Å². The molecule has 1 aliphatic carbocycles. The van der Waals surface area contributed by atoms with Gasteiger partial charge in [-0.25, -0.2) is 0 Å². The molecule has 1 aromatic rings. The molecule has 2 N–H and O–H groups in total. The molecule has 0 aromatic heterocycles. The van der Waals surface area contributed by atoms with Gasteiger partial charge in [-0.3, -0.25) is 0 Å². The van der Waals surface area contributed by atoms with E-state index >= 15 is 0 Å². The summed E-state index contributed by atoms with van der Waals surface area (Å²) in [7, 11) is 0. The average Bonchev–Trinajstić information content (AvgIpc) is 2.90. The van der Waals surface area contributed by atoms with E-state index in [1.165, 1.54) is 31.2 Å². The average molecular weight is 261 g/mol. The van der Waals surface area contributed by atoms with Crippen LogP contribution in [0.1, 0.15) is 57.4 Å². The molecule has 0 bridgehead atoms. The van der Waals surface area contributed by atoms with Gasteiger partial charge >= 0.3 is 0 Å². The van der Waals surface area contributed by atoms with Gasteiger partial charge < -0.3 is 10.5 Å². The fourth-order valence-electron chi connectivity index (χ4n) is 3.28. The van der Waals surface area contributed by atoms with Crippen molar-refractivity contribution in [1.82, 2.24) is 0 Å². The lowest BCUT2D eigenvalue weighted by Gasteiger charge is -2.23. The maximum absolute atomic E-state index is 5.81. The smallest absolute Gasteiger partial charge is 0.119 e. The first-order valence-corrected chi connectivity index (χ1v) is 7.67. The number of hydrogen-bond acceptors (Lipinski definition) is 2. The van der Waals surface area contributed by atoms with Crippen LogP contribution in [0, 0.1) is 5.92 Å². The summed E-state index contributed by atoms with van der Waals surface area (Å²) in [5.74, 6) is 2.44. The highest BCUT2D eigenvalue weighted by molar-refractivity contribution is 5.30. The van der Waals surface area contributed by atoms with Crippen LogP contribution >= 0.6 is 0 Å². The molecule has 106 valence electrons. The van der Waals surface area contributed by atoms with Crippen LogP contribution in [0.25, 0.3) is 0 Å². The molecule has 2 rings (SSSR count). The Morgan fingerprint density at radius 1 is 1.16 bits per heavy atom. The van der Waals surface area contributed by atoms with Gasteiger partial charge in [-0.05, 0) is 69.2 Å². The Hall–Kier alpha value is -1.02. The Balaban J connectivity index is 2.08. The van der Waals surface area contributed by atoms with Crippen molar-refractivity contribution < 1.29 is 4.74 Å². The lowest BCUT2D eigenvalue weighted by atomic mass is 9.82. The highest BCUT2D eigenvalue weighted by Gasteiger charge is 2.25. The van der Waals surface area contributed by atoms with E-state index in [0.717, 1.165) is 24.6 Å². The molecule has 19 heavy (non-hydrogen) atoms. The van der Waals surface area contributed by atoms with Crippen LogP contribution in [0.15, 0.2) is 24.3 Å². The van der Waals surface area contributed by atoms with E-state index in [1.54, 1.807) is 0 Å². The zero-order chi connectivity index (χ0) is 13.7. The van der Waals surface area contributed by atoms with E-state index in [-0.39, 0.29) is 6.10 Å². The summed E-state index contributed by atoms with van der Waals surface area (Å²) in [6.07, 6.45) is 6.86. The predicted octanol–water partition coefficient (Wildman–Crippen LogP) is 4.10. The summed E-state index contributed by atoms with van der Waals surface area (Å²) < 4.78 is 5.71. The molecule has 1 unspecified atom stereocenters. The molecule has 0 heterocycles. The fraction of sp³-hybridized carbons (Fsp3) is 0.647. The summed E-state index contributed by atoms with van der Waals surface area (Å²) in [5.41, 5.74) is 7.24. The highest BCUT2D eigenvalue weighted by Crippen LogP contribution is 2.39. The molecule has 0 aliphatic heterocycles. The minimum Gasteiger partial charge on any atom is -0.491 e. The Labute approximate surface area is 117 Å². The molecule has 0 saturated heterocycles. The summed E-state index contributed by atoms with van der Waals surface area (Å²) in [4.78, 5) is 0. The molecule has 0 spiro atoms. The first-order chi connectivity index (χ1) is 9.20. The molecule has 1 aromatic carbocycles. The molecule has 2 heteroatoms. The molecule has 1 aliphatic rings. The van der Waals surface area contributed by atoms with Crippen molar-refractivity contribution in [3.8, 4) is 5.75 Å². The van der Waals surface area contributed by atoms with Gasteiger partial charge in [0.15, 0.2) is 0 Å². The predicted molar refractivity (Wildman–Crippen MR) is 80.6 cm³/mol. The third-order valence-corrected chi connectivity index (χ3v) is 4.13. The Bertz CT molecular complexity index is 365. The largest absolute Gasteiger partial charge is 0.491 e. The summed E-state index contributed by atoms with van der Waals surface area (Å²) in [6.45, 7) is 4.90. The highest BCUT2D eigenvalue weighted by atomic mass is 16.5. The van der Waals surface area contributed by atoms with E-state index in [4.69, 9.17) is 10.5 Å². The molecular formula is C17H27NO. The van der Waals surface area contributed by atoms with E-state index < -0.39 is 0 Å². The Kier molecular flexibility index (Phi) is 5.26. The number of hydrogen-bond donors (Lipinski definition) is 1. The van der Waals surface area contributed by atoms with Gasteiger partial charge in [-0.1, -0.05) is 25.0 Å². The molecular weight excluding hydrogens is 234 g/mol. The van der Waals surface area contributed by atoms with Crippen LogP contribution in [0.3, 0.4) is 0 Å². The Morgan fingerprint density at radius 2 is 1.79 bits per heavy atom. The number of rotatable bonds is 6. The Morgan fingerprint density at radius 3 is 2.32 bits per heavy atom. The first kappa shape index (κ1) is 14.4. The van der Waals surface area contributed by atoms with Crippen molar-refractivity contribution in [1.29, 1.82) is 0 Å². The van der Waals surface area contributed by atoms with Crippen LogP contribution in [-0.4, -0.2) is 12.6 Å². The zero-order valence-corrected chi connectivity index (χ0v) is 12.3. The van der Waals surface area contributed by atoms with Gasteiger partial charge in [0.2, 0.25) is 0 Å². The van der Waals surface area contributed by atoms with Gasteiger partial charge in [0.05, 0.1) is 6.10 Å². The third kappa shape index (κ3) is 3.97. The molecule has 1 fully saturated rings. The number of benzene rings is 1. The van der Waals surface area contributed by atoms with Crippen molar-refractivity contribution >= 4 is 0 Å². The standard InChI is InChI=1S/C17H27NO/c1-13(2)19-16-9-7-15(8-10-16)17(11-12-18)14-5-3-4-6-14/h7-10,13-14,17H,3-6,11-12,18H2,1-2H3. The van der Waals surface area contributed by atoms with Crippen molar-refractivity contribution in [2.45, 2.75) is 58.0 Å². The first-order valence-electron chi connectivity index (χ1n) is 7.67. The monoisotopic (exact) mass is 261 g/mol. The van der Waals surface area contributed by atoms with Crippen LogP contribution in [-0.2, 0) is 0 Å². The zero-order valence-electron chi connectivity index (χ0n) is 12.3. The van der Waals surface area contributed by atoms with Gasteiger partial charge in [0.25, 0.3) is 0 Å². The molecule has 1 atom stereocenters. The van der Waals surface area contributed by atoms with Crippen LogP contribution < -0.4 is 10.5 Å². The minimum atomic E-state index is 0.237. The second kappa shape index (κ2) is 6.95. The molecule has 2 nitrogen and oxygen atoms in total. The van der Waals surface area contributed by atoms with Gasteiger partial charge in [0, 0.05) is 0 Å². The van der Waals surface area contributed by atoms with E-state index in [1.807, 2.05) is 0 Å². The van der Waals surface area contributed by atoms with Crippen molar-refractivity contribution in [2.24, 2.45) is 11.7 Å². The molecule has 0 amide bonds. The van der Waals surface area contributed by atoms with Crippen molar-refractivity contribution in [3.63, 3.8) is 0 Å². The van der Waals surface area contributed by atoms with Gasteiger partial charge in [0.1, 0.15) is 5.75 Å². The van der Waals surface area contributed by atoms with Crippen molar-refractivity contribution in [2.75, 3.05) is 6.54 Å². The molecule has 1 saturated carbocycles.